The molecule has 0 heterocycles. The molecule has 6 heteroatoms. The molecule has 6 nitrogen and oxygen atoms in total. The fraction of sp³-hybridized carbons (Fsp3) is 0.726. The van der Waals surface area contributed by atoms with Crippen LogP contribution >= 0.6 is 0 Å². The van der Waals surface area contributed by atoms with Gasteiger partial charge in [0.1, 0.15) is 13.2 Å². The Labute approximate surface area is 420 Å². The average molecular weight is 948 g/mol. The van der Waals surface area contributed by atoms with Crippen molar-refractivity contribution in [3.8, 4) is 0 Å². The van der Waals surface area contributed by atoms with Crippen molar-refractivity contribution in [2.45, 2.75) is 277 Å². The molecule has 0 aromatic carbocycles. The van der Waals surface area contributed by atoms with Gasteiger partial charge < -0.3 is 14.2 Å². The molecular weight excluding hydrogens is 841 g/mol. The van der Waals surface area contributed by atoms with Gasteiger partial charge in [-0.05, 0) is 109 Å². The van der Waals surface area contributed by atoms with Gasteiger partial charge in [-0.3, -0.25) is 14.4 Å². The molecule has 0 N–H and O–H groups in total. The zero-order valence-electron chi connectivity index (χ0n) is 44.6. The SMILES string of the molecule is CC/C=C\C/C=C\C/C=C\CCCCCCCCCC(=O)OC(COC(=O)CCCCCCC/C=C\C/C=C\C/C=C\CC)COC(=O)CCCCCCCCC/C=C\CCCCCCCCC. The predicted octanol–water partition coefficient (Wildman–Crippen LogP) is 19.2. The van der Waals surface area contributed by atoms with Crippen LogP contribution in [-0.4, -0.2) is 37.2 Å². The Kier molecular flexibility index (Phi) is 53.4. The molecule has 0 radical (unpaired) electrons. The molecule has 0 aliphatic rings. The first kappa shape index (κ1) is 64.6. The van der Waals surface area contributed by atoms with Gasteiger partial charge in [0.2, 0.25) is 0 Å². The molecule has 0 saturated heterocycles. The van der Waals surface area contributed by atoms with Crippen molar-refractivity contribution in [2.24, 2.45) is 0 Å². The monoisotopic (exact) mass is 947 g/mol. The maximum Gasteiger partial charge on any atom is 0.306 e. The minimum absolute atomic E-state index is 0.0884. The highest BCUT2D eigenvalue weighted by atomic mass is 16.6. The molecule has 0 bridgehead atoms. The van der Waals surface area contributed by atoms with Gasteiger partial charge in [-0.2, -0.15) is 0 Å². The first-order valence-electron chi connectivity index (χ1n) is 28.6. The Balaban J connectivity index is 4.42. The first-order valence-corrected chi connectivity index (χ1v) is 28.6. The van der Waals surface area contributed by atoms with Gasteiger partial charge >= 0.3 is 17.9 Å². The summed E-state index contributed by atoms with van der Waals surface area (Å²) in [5.41, 5.74) is 0. The lowest BCUT2D eigenvalue weighted by Crippen LogP contribution is -2.30. The number of ether oxygens (including phenoxy) is 3. The van der Waals surface area contributed by atoms with Gasteiger partial charge in [0.05, 0.1) is 0 Å². The number of esters is 3. The number of carbonyl (C=O) groups is 3. The largest absolute Gasteiger partial charge is 0.462 e. The van der Waals surface area contributed by atoms with Crippen LogP contribution in [0.4, 0.5) is 0 Å². The smallest absolute Gasteiger partial charge is 0.306 e. The van der Waals surface area contributed by atoms with Crippen LogP contribution in [0.25, 0.3) is 0 Å². The van der Waals surface area contributed by atoms with E-state index in [1.807, 2.05) is 0 Å². The number of allylic oxidation sites excluding steroid dienone is 14. The molecule has 1 unspecified atom stereocenters. The van der Waals surface area contributed by atoms with E-state index in [1.165, 1.54) is 109 Å². The van der Waals surface area contributed by atoms with Gasteiger partial charge in [-0.25, -0.2) is 0 Å². The zero-order valence-corrected chi connectivity index (χ0v) is 44.6. The summed E-state index contributed by atoms with van der Waals surface area (Å²) in [7, 11) is 0. The van der Waals surface area contributed by atoms with Crippen LogP contribution in [0.5, 0.6) is 0 Å². The van der Waals surface area contributed by atoms with Gasteiger partial charge in [0.15, 0.2) is 6.10 Å². The van der Waals surface area contributed by atoms with E-state index in [0.717, 1.165) is 122 Å². The molecule has 0 aliphatic carbocycles. The summed E-state index contributed by atoms with van der Waals surface area (Å²) in [6.45, 7) is 6.40. The van der Waals surface area contributed by atoms with Crippen molar-refractivity contribution >= 4 is 17.9 Å². The van der Waals surface area contributed by atoms with Crippen molar-refractivity contribution in [2.75, 3.05) is 13.2 Å². The van der Waals surface area contributed by atoms with E-state index in [0.29, 0.717) is 19.3 Å². The minimum atomic E-state index is -0.792. The minimum Gasteiger partial charge on any atom is -0.462 e. The van der Waals surface area contributed by atoms with Gasteiger partial charge in [-0.15, -0.1) is 0 Å². The van der Waals surface area contributed by atoms with Crippen LogP contribution in [0.3, 0.4) is 0 Å². The summed E-state index contributed by atoms with van der Waals surface area (Å²) in [4.78, 5) is 38.2. The molecule has 0 spiro atoms. The summed E-state index contributed by atoms with van der Waals surface area (Å²) in [6, 6.07) is 0. The van der Waals surface area contributed by atoms with E-state index >= 15 is 0 Å². The van der Waals surface area contributed by atoms with E-state index in [1.54, 1.807) is 0 Å². The summed E-state index contributed by atoms with van der Waals surface area (Å²) in [5.74, 6) is -0.914. The van der Waals surface area contributed by atoms with Crippen molar-refractivity contribution in [1.29, 1.82) is 0 Å². The normalized spacial score (nSPS) is 12.7. The topological polar surface area (TPSA) is 78.9 Å². The summed E-state index contributed by atoms with van der Waals surface area (Å²) in [5, 5.41) is 0. The summed E-state index contributed by atoms with van der Waals surface area (Å²) in [6.07, 6.45) is 72.8. The molecule has 0 aromatic rings. The van der Waals surface area contributed by atoms with Crippen molar-refractivity contribution in [1.82, 2.24) is 0 Å². The molecule has 390 valence electrons. The third-order valence-corrected chi connectivity index (χ3v) is 12.1. The molecule has 0 aliphatic heterocycles. The molecule has 0 aromatic heterocycles. The number of rotatable bonds is 51. The van der Waals surface area contributed by atoms with Gasteiger partial charge in [-0.1, -0.05) is 228 Å². The van der Waals surface area contributed by atoms with Crippen LogP contribution in [-0.2, 0) is 28.6 Å². The molecule has 1 atom stereocenters. The standard InChI is InChI=1S/C62H106O6/c1-4-7-10-13-16-19-22-25-28-30-32-34-37-40-43-46-49-52-55-61(64)67-58-59(57-66-60(63)54-51-48-45-42-39-36-33-27-24-21-18-15-12-9-6-3)68-62(65)56-53-50-47-44-41-38-35-31-29-26-23-20-17-14-11-8-5-2/h8-9,11-12,17-18,20-21,26-30,33,59H,4-7,10,13-16,19,22-25,31-32,34-58H2,1-3H3/b11-8-,12-9-,20-17-,21-18-,29-26-,30-28-,33-27-. The van der Waals surface area contributed by atoms with Gasteiger partial charge in [0.25, 0.3) is 0 Å². The van der Waals surface area contributed by atoms with Crippen LogP contribution in [0.1, 0.15) is 271 Å². The lowest BCUT2D eigenvalue weighted by atomic mass is 10.1. The quantitative estimate of drug-likeness (QED) is 0.0262. The predicted molar refractivity (Wildman–Crippen MR) is 293 cm³/mol. The molecular formula is C62H106O6. The van der Waals surface area contributed by atoms with Crippen LogP contribution < -0.4 is 0 Å². The Morgan fingerprint density at radius 1 is 0.309 bits per heavy atom. The lowest BCUT2D eigenvalue weighted by Gasteiger charge is -2.18. The number of hydrogen-bond donors (Lipinski definition) is 0. The Morgan fingerprint density at radius 2 is 0.574 bits per heavy atom. The van der Waals surface area contributed by atoms with E-state index in [-0.39, 0.29) is 31.1 Å². The zero-order chi connectivity index (χ0) is 49.3. The van der Waals surface area contributed by atoms with Crippen molar-refractivity contribution in [3.63, 3.8) is 0 Å². The number of hydrogen-bond acceptors (Lipinski definition) is 6. The second-order valence-corrected chi connectivity index (χ2v) is 18.8. The summed E-state index contributed by atoms with van der Waals surface area (Å²) < 4.78 is 16.9. The number of carbonyl (C=O) groups excluding carboxylic acids is 3. The Bertz CT molecular complexity index is 1320. The van der Waals surface area contributed by atoms with Gasteiger partial charge in [0, 0.05) is 19.3 Å². The third-order valence-electron chi connectivity index (χ3n) is 12.1. The summed E-state index contributed by atoms with van der Waals surface area (Å²) >= 11 is 0. The van der Waals surface area contributed by atoms with Crippen LogP contribution in [0, 0.1) is 0 Å². The van der Waals surface area contributed by atoms with E-state index in [2.05, 4.69) is 106 Å². The first-order chi connectivity index (χ1) is 33.5. The average Bonchev–Trinajstić information content (AvgIpc) is 3.34. The van der Waals surface area contributed by atoms with E-state index in [4.69, 9.17) is 14.2 Å². The third kappa shape index (κ3) is 53.5. The maximum atomic E-state index is 12.9. The van der Waals surface area contributed by atoms with E-state index in [9.17, 15) is 14.4 Å². The highest BCUT2D eigenvalue weighted by Crippen LogP contribution is 2.15. The lowest BCUT2D eigenvalue weighted by molar-refractivity contribution is -0.167. The number of unbranched alkanes of at least 4 members (excludes halogenated alkanes) is 26. The van der Waals surface area contributed by atoms with Crippen LogP contribution in [0.2, 0.25) is 0 Å². The fourth-order valence-electron chi connectivity index (χ4n) is 7.88. The second-order valence-electron chi connectivity index (χ2n) is 18.8. The molecule has 0 rings (SSSR count). The fourth-order valence-corrected chi connectivity index (χ4v) is 7.88. The molecule has 0 amide bonds. The molecule has 0 saturated carbocycles. The Morgan fingerprint density at radius 3 is 0.912 bits per heavy atom. The molecule has 68 heavy (non-hydrogen) atoms. The van der Waals surface area contributed by atoms with E-state index < -0.39 is 6.10 Å². The highest BCUT2D eigenvalue weighted by Gasteiger charge is 2.19. The van der Waals surface area contributed by atoms with Crippen molar-refractivity contribution < 1.29 is 28.6 Å². The van der Waals surface area contributed by atoms with Crippen molar-refractivity contribution in [3.05, 3.63) is 85.1 Å². The Hall–Kier alpha value is -3.41. The molecule has 0 fully saturated rings. The van der Waals surface area contributed by atoms with Crippen LogP contribution in [0.15, 0.2) is 85.1 Å². The maximum absolute atomic E-state index is 12.9. The second kappa shape index (κ2) is 56.2. The highest BCUT2D eigenvalue weighted by molar-refractivity contribution is 5.71.